The molecule has 148 valence electrons. The van der Waals surface area contributed by atoms with Crippen LogP contribution in [-0.2, 0) is 0 Å². The average Bonchev–Trinajstić information content (AvgIpc) is 2.73. The quantitative estimate of drug-likeness (QED) is 0.361. The van der Waals surface area contributed by atoms with Gasteiger partial charge in [-0.15, -0.1) is 0 Å². The Morgan fingerprint density at radius 3 is 2.34 bits per heavy atom. The largest absolute Gasteiger partial charge is 0.497 e. The third-order valence-electron chi connectivity index (χ3n) is 3.76. The highest BCUT2D eigenvalue weighted by molar-refractivity contribution is 9.10. The van der Waals surface area contributed by atoms with Crippen LogP contribution in [0.25, 0.3) is 0 Å². The van der Waals surface area contributed by atoms with Crippen molar-refractivity contribution in [3.63, 3.8) is 0 Å². The molecule has 29 heavy (non-hydrogen) atoms. The van der Waals surface area contributed by atoms with Crippen LogP contribution in [0.15, 0.2) is 59.3 Å². The monoisotopic (exact) mass is 458 g/mol. The lowest BCUT2D eigenvalue weighted by molar-refractivity contribution is -0.383. The maximum atomic E-state index is 12.3. The first-order chi connectivity index (χ1) is 14.0. The molecule has 0 aliphatic rings. The normalized spacial score (nSPS) is 10.1. The molecule has 3 rings (SSSR count). The van der Waals surface area contributed by atoms with Crippen molar-refractivity contribution >= 4 is 44.8 Å². The molecule has 0 saturated heterocycles. The first-order valence-electron chi connectivity index (χ1n) is 8.20. The van der Waals surface area contributed by atoms with Crippen LogP contribution in [0, 0.1) is 10.1 Å². The lowest BCUT2D eigenvalue weighted by Gasteiger charge is -2.11. The molecule has 11 heteroatoms. The Hall–Kier alpha value is -3.73. The van der Waals surface area contributed by atoms with E-state index in [-0.39, 0.29) is 11.6 Å². The number of rotatable bonds is 7. The summed E-state index contributed by atoms with van der Waals surface area (Å²) in [5.41, 5.74) is 5.40. The number of nitro groups is 1. The van der Waals surface area contributed by atoms with Crippen molar-refractivity contribution in [3.8, 4) is 5.75 Å². The van der Waals surface area contributed by atoms with E-state index in [0.717, 1.165) is 10.8 Å². The van der Waals surface area contributed by atoms with Gasteiger partial charge in [0.2, 0.25) is 11.6 Å². The van der Waals surface area contributed by atoms with Crippen molar-refractivity contribution in [2.75, 3.05) is 17.9 Å². The molecule has 0 bridgehead atoms. The van der Waals surface area contributed by atoms with Crippen molar-refractivity contribution in [2.45, 2.75) is 0 Å². The molecule has 0 fully saturated rings. The SMILES string of the molecule is COc1ccc(C(=O)NNc2ncnc(Nc3ccc(Br)cc3)c2[N+](=O)[O-])cc1. The molecular weight excluding hydrogens is 444 g/mol. The molecule has 0 unspecified atom stereocenters. The second-order valence-electron chi connectivity index (χ2n) is 5.62. The van der Waals surface area contributed by atoms with Gasteiger partial charge in [0.15, 0.2) is 0 Å². The summed E-state index contributed by atoms with van der Waals surface area (Å²) in [7, 11) is 1.52. The summed E-state index contributed by atoms with van der Waals surface area (Å²) in [6, 6.07) is 13.4. The van der Waals surface area contributed by atoms with Gasteiger partial charge in [0, 0.05) is 15.7 Å². The minimum absolute atomic E-state index is 0.0199. The summed E-state index contributed by atoms with van der Waals surface area (Å²) in [5.74, 6) is -0.0763. The Labute approximate surface area is 173 Å². The molecule has 0 spiro atoms. The fraction of sp³-hybridized carbons (Fsp3) is 0.0556. The number of halogens is 1. The Bertz CT molecular complexity index is 1030. The van der Waals surface area contributed by atoms with Crippen LogP contribution >= 0.6 is 15.9 Å². The number of anilines is 3. The Balaban J connectivity index is 1.78. The van der Waals surface area contributed by atoms with Gasteiger partial charge in [-0.1, -0.05) is 15.9 Å². The summed E-state index contributed by atoms with van der Waals surface area (Å²) in [6.07, 6.45) is 1.15. The molecule has 3 aromatic rings. The molecule has 0 atom stereocenters. The number of nitrogens with one attached hydrogen (secondary N) is 3. The van der Waals surface area contributed by atoms with Crippen molar-refractivity contribution < 1.29 is 14.5 Å². The molecular formula is C18H15BrN6O4. The number of hydrogen-bond donors (Lipinski definition) is 3. The third kappa shape index (κ3) is 4.96. The van der Waals surface area contributed by atoms with Crippen LogP contribution < -0.4 is 20.9 Å². The first kappa shape index (κ1) is 20.0. The highest BCUT2D eigenvalue weighted by Gasteiger charge is 2.23. The summed E-state index contributed by atoms with van der Waals surface area (Å²) in [4.78, 5) is 31.0. The second kappa shape index (κ2) is 8.97. The number of amides is 1. The smallest absolute Gasteiger partial charge is 0.355 e. The van der Waals surface area contributed by atoms with E-state index in [2.05, 4.69) is 42.1 Å². The zero-order valence-corrected chi connectivity index (χ0v) is 16.6. The molecule has 2 aromatic carbocycles. The van der Waals surface area contributed by atoms with Crippen molar-refractivity contribution in [2.24, 2.45) is 0 Å². The van der Waals surface area contributed by atoms with Crippen LogP contribution in [0.3, 0.4) is 0 Å². The highest BCUT2D eigenvalue weighted by atomic mass is 79.9. The van der Waals surface area contributed by atoms with E-state index >= 15 is 0 Å². The van der Waals surface area contributed by atoms with Gasteiger partial charge in [-0.05, 0) is 48.5 Å². The zero-order chi connectivity index (χ0) is 20.8. The minimum atomic E-state index is -0.636. The Morgan fingerprint density at radius 1 is 1.07 bits per heavy atom. The predicted octanol–water partition coefficient (Wildman–Crippen LogP) is 3.66. The van der Waals surface area contributed by atoms with Gasteiger partial charge >= 0.3 is 5.69 Å². The zero-order valence-electron chi connectivity index (χ0n) is 15.0. The van der Waals surface area contributed by atoms with Gasteiger partial charge in [-0.3, -0.25) is 25.8 Å². The first-order valence-corrected chi connectivity index (χ1v) is 8.99. The fourth-order valence-electron chi connectivity index (χ4n) is 2.34. The van der Waals surface area contributed by atoms with Crippen LogP contribution in [-0.4, -0.2) is 27.9 Å². The Kier molecular flexibility index (Phi) is 6.19. The van der Waals surface area contributed by atoms with Gasteiger partial charge in [-0.2, -0.15) is 0 Å². The van der Waals surface area contributed by atoms with Crippen molar-refractivity contribution in [3.05, 3.63) is 75.0 Å². The summed E-state index contributed by atoms with van der Waals surface area (Å²) < 4.78 is 5.90. The van der Waals surface area contributed by atoms with Crippen LogP contribution in [0.5, 0.6) is 5.75 Å². The van der Waals surface area contributed by atoms with Gasteiger partial charge < -0.3 is 10.1 Å². The minimum Gasteiger partial charge on any atom is -0.497 e. The molecule has 0 aliphatic heterocycles. The van der Waals surface area contributed by atoms with Gasteiger partial charge in [0.05, 0.1) is 12.0 Å². The topological polar surface area (TPSA) is 131 Å². The molecule has 0 radical (unpaired) electrons. The lowest BCUT2D eigenvalue weighted by Crippen LogP contribution is -2.30. The average molecular weight is 459 g/mol. The molecule has 0 saturated carbocycles. The summed E-state index contributed by atoms with van der Waals surface area (Å²) >= 11 is 3.32. The number of methoxy groups -OCH3 is 1. The maximum absolute atomic E-state index is 12.3. The fourth-order valence-corrected chi connectivity index (χ4v) is 2.60. The van der Waals surface area contributed by atoms with Gasteiger partial charge in [0.25, 0.3) is 5.91 Å². The number of hydrazine groups is 1. The van der Waals surface area contributed by atoms with Gasteiger partial charge in [-0.25, -0.2) is 9.97 Å². The summed E-state index contributed by atoms with van der Waals surface area (Å²) in [6.45, 7) is 0. The van der Waals surface area contributed by atoms with Crippen molar-refractivity contribution in [1.29, 1.82) is 0 Å². The van der Waals surface area contributed by atoms with Crippen LogP contribution in [0.4, 0.5) is 23.0 Å². The molecule has 1 heterocycles. The number of hydrogen-bond acceptors (Lipinski definition) is 8. The number of ether oxygens (including phenoxy) is 1. The van der Waals surface area contributed by atoms with E-state index in [9.17, 15) is 14.9 Å². The maximum Gasteiger partial charge on any atom is 0.355 e. The van der Waals surface area contributed by atoms with Crippen LogP contribution in [0.1, 0.15) is 10.4 Å². The van der Waals surface area contributed by atoms with Crippen LogP contribution in [0.2, 0.25) is 0 Å². The van der Waals surface area contributed by atoms with Crippen molar-refractivity contribution in [1.82, 2.24) is 15.4 Å². The number of aromatic nitrogens is 2. The van der Waals surface area contributed by atoms with E-state index in [1.165, 1.54) is 7.11 Å². The highest BCUT2D eigenvalue weighted by Crippen LogP contribution is 2.31. The number of carbonyl (C=O) groups excluding carboxylic acids is 1. The predicted molar refractivity (Wildman–Crippen MR) is 110 cm³/mol. The lowest BCUT2D eigenvalue weighted by atomic mass is 10.2. The second-order valence-corrected chi connectivity index (χ2v) is 6.53. The molecule has 0 aliphatic carbocycles. The number of carbonyl (C=O) groups is 1. The molecule has 3 N–H and O–H groups in total. The molecule has 10 nitrogen and oxygen atoms in total. The van der Waals surface area contributed by atoms with E-state index < -0.39 is 16.5 Å². The van der Waals surface area contributed by atoms with E-state index in [1.54, 1.807) is 48.5 Å². The molecule has 1 aromatic heterocycles. The van der Waals surface area contributed by atoms with E-state index in [1.807, 2.05) is 0 Å². The molecule has 1 amide bonds. The number of nitrogens with zero attached hydrogens (tertiary/aromatic N) is 3. The Morgan fingerprint density at radius 2 is 1.72 bits per heavy atom. The van der Waals surface area contributed by atoms with E-state index in [4.69, 9.17) is 4.74 Å². The van der Waals surface area contributed by atoms with Gasteiger partial charge in [0.1, 0.15) is 12.1 Å². The third-order valence-corrected chi connectivity index (χ3v) is 4.29. The number of benzene rings is 2. The standard InChI is InChI=1S/C18H15BrN6O4/c1-29-14-8-2-11(3-9-14)18(26)24-23-17-15(25(27)28)16(20-10-21-17)22-13-6-4-12(19)5-7-13/h2-10H,1H3,(H,24,26)(H2,20,21,22,23). The summed E-state index contributed by atoms with van der Waals surface area (Å²) in [5, 5.41) is 14.5. The van der Waals surface area contributed by atoms with E-state index in [0.29, 0.717) is 17.0 Å².